The summed E-state index contributed by atoms with van der Waals surface area (Å²) in [6.07, 6.45) is 4.08. The van der Waals surface area contributed by atoms with Crippen LogP contribution in [0.3, 0.4) is 0 Å². The molecule has 1 aliphatic heterocycles. The van der Waals surface area contributed by atoms with E-state index in [2.05, 4.69) is 27.4 Å². The van der Waals surface area contributed by atoms with E-state index in [0.29, 0.717) is 30.6 Å². The van der Waals surface area contributed by atoms with Crippen LogP contribution >= 0.6 is 0 Å². The number of piperidine rings is 1. The SMILES string of the molecule is Cc1nc(-c2ccc(CNC(=O)CC[C@@H]3CCCN(C)C3)cc2)no1. The van der Waals surface area contributed by atoms with E-state index in [0.717, 1.165) is 24.1 Å². The van der Waals surface area contributed by atoms with Gasteiger partial charge in [0, 0.05) is 32.0 Å². The van der Waals surface area contributed by atoms with Gasteiger partial charge in [-0.2, -0.15) is 4.98 Å². The van der Waals surface area contributed by atoms with Crippen molar-refractivity contribution < 1.29 is 9.32 Å². The fourth-order valence-corrected chi connectivity index (χ4v) is 3.32. The molecule has 0 radical (unpaired) electrons. The number of nitrogens with one attached hydrogen (secondary N) is 1. The molecule has 1 amide bonds. The Hall–Kier alpha value is -2.21. The first kappa shape index (κ1) is 17.6. The van der Waals surface area contributed by atoms with Gasteiger partial charge in [-0.25, -0.2) is 0 Å². The molecule has 1 N–H and O–H groups in total. The highest BCUT2D eigenvalue weighted by molar-refractivity contribution is 5.75. The van der Waals surface area contributed by atoms with Crippen LogP contribution in [-0.2, 0) is 11.3 Å². The molecule has 3 rings (SSSR count). The summed E-state index contributed by atoms with van der Waals surface area (Å²) in [4.78, 5) is 18.6. The van der Waals surface area contributed by atoms with Gasteiger partial charge in [-0.05, 0) is 44.3 Å². The Kier molecular flexibility index (Phi) is 5.81. The van der Waals surface area contributed by atoms with E-state index in [-0.39, 0.29) is 5.91 Å². The Morgan fingerprint density at radius 3 is 2.84 bits per heavy atom. The first-order valence-electron chi connectivity index (χ1n) is 8.95. The molecule has 0 aliphatic carbocycles. The van der Waals surface area contributed by atoms with Crippen molar-refractivity contribution in [2.24, 2.45) is 5.92 Å². The topological polar surface area (TPSA) is 71.3 Å². The van der Waals surface area contributed by atoms with Gasteiger partial charge in [0.25, 0.3) is 0 Å². The summed E-state index contributed by atoms with van der Waals surface area (Å²) in [5, 5.41) is 6.92. The summed E-state index contributed by atoms with van der Waals surface area (Å²) < 4.78 is 4.99. The van der Waals surface area contributed by atoms with Crippen molar-refractivity contribution in [2.45, 2.75) is 39.2 Å². The van der Waals surface area contributed by atoms with Crippen LogP contribution in [0, 0.1) is 12.8 Å². The highest BCUT2D eigenvalue weighted by Crippen LogP contribution is 2.20. The standard InChI is InChI=1S/C19H26N4O2/c1-14-21-19(22-25-14)17-8-5-15(6-9-17)12-20-18(24)10-7-16-4-3-11-23(2)13-16/h5-6,8-9,16H,3-4,7,10-13H2,1-2H3,(H,20,24)/t16-/m0/s1. The van der Waals surface area contributed by atoms with Crippen LogP contribution in [0.5, 0.6) is 0 Å². The summed E-state index contributed by atoms with van der Waals surface area (Å²) in [6.45, 7) is 4.62. The van der Waals surface area contributed by atoms with E-state index in [1.165, 1.54) is 19.4 Å². The molecule has 134 valence electrons. The summed E-state index contributed by atoms with van der Waals surface area (Å²) in [6, 6.07) is 7.86. The lowest BCUT2D eigenvalue weighted by atomic mass is 9.93. The number of carbonyl (C=O) groups excluding carboxylic acids is 1. The maximum absolute atomic E-state index is 12.1. The lowest BCUT2D eigenvalue weighted by Gasteiger charge is -2.29. The molecular weight excluding hydrogens is 316 g/mol. The zero-order valence-corrected chi connectivity index (χ0v) is 15.0. The maximum Gasteiger partial charge on any atom is 0.223 e. The summed E-state index contributed by atoms with van der Waals surface area (Å²) in [7, 11) is 2.16. The van der Waals surface area contributed by atoms with Crippen LogP contribution in [0.2, 0.25) is 0 Å². The Bertz CT molecular complexity index is 696. The summed E-state index contributed by atoms with van der Waals surface area (Å²) in [5.74, 6) is 1.93. The molecule has 6 heteroatoms. The molecule has 1 saturated heterocycles. The second-order valence-electron chi connectivity index (χ2n) is 6.92. The van der Waals surface area contributed by atoms with Crippen LogP contribution in [0.4, 0.5) is 0 Å². The van der Waals surface area contributed by atoms with Gasteiger partial charge in [-0.3, -0.25) is 4.79 Å². The predicted molar refractivity (Wildman–Crippen MR) is 95.8 cm³/mol. The van der Waals surface area contributed by atoms with Gasteiger partial charge in [0.15, 0.2) is 0 Å². The maximum atomic E-state index is 12.1. The molecule has 0 unspecified atom stereocenters. The Morgan fingerprint density at radius 2 is 2.16 bits per heavy atom. The van der Waals surface area contributed by atoms with Crippen LogP contribution < -0.4 is 5.32 Å². The fourth-order valence-electron chi connectivity index (χ4n) is 3.32. The molecule has 0 bridgehead atoms. The van der Waals surface area contributed by atoms with E-state index in [1.54, 1.807) is 6.92 Å². The van der Waals surface area contributed by atoms with Gasteiger partial charge in [0.2, 0.25) is 17.6 Å². The van der Waals surface area contributed by atoms with E-state index >= 15 is 0 Å². The van der Waals surface area contributed by atoms with Crippen molar-refractivity contribution in [3.8, 4) is 11.4 Å². The number of hydrogen-bond acceptors (Lipinski definition) is 5. The minimum atomic E-state index is 0.131. The molecule has 1 aliphatic rings. The smallest absolute Gasteiger partial charge is 0.223 e. The minimum absolute atomic E-state index is 0.131. The zero-order chi connectivity index (χ0) is 17.6. The number of rotatable bonds is 6. The monoisotopic (exact) mass is 342 g/mol. The van der Waals surface area contributed by atoms with Crippen molar-refractivity contribution >= 4 is 5.91 Å². The molecule has 6 nitrogen and oxygen atoms in total. The first-order chi connectivity index (χ1) is 12.1. The third-order valence-corrected chi connectivity index (χ3v) is 4.73. The highest BCUT2D eigenvalue weighted by Gasteiger charge is 2.17. The molecule has 1 atom stereocenters. The minimum Gasteiger partial charge on any atom is -0.352 e. The highest BCUT2D eigenvalue weighted by atomic mass is 16.5. The molecule has 1 fully saturated rings. The molecule has 2 aromatic rings. The molecule has 1 aromatic carbocycles. The second-order valence-corrected chi connectivity index (χ2v) is 6.92. The van der Waals surface area contributed by atoms with Crippen LogP contribution in [0.25, 0.3) is 11.4 Å². The van der Waals surface area contributed by atoms with Crippen molar-refractivity contribution in [2.75, 3.05) is 20.1 Å². The van der Waals surface area contributed by atoms with Gasteiger partial charge < -0.3 is 14.7 Å². The van der Waals surface area contributed by atoms with Crippen molar-refractivity contribution in [3.05, 3.63) is 35.7 Å². The lowest BCUT2D eigenvalue weighted by molar-refractivity contribution is -0.121. The molecule has 2 heterocycles. The van der Waals surface area contributed by atoms with Gasteiger partial charge in [-0.15, -0.1) is 0 Å². The van der Waals surface area contributed by atoms with Gasteiger partial charge >= 0.3 is 0 Å². The largest absolute Gasteiger partial charge is 0.352 e. The average Bonchev–Trinajstić information content (AvgIpc) is 3.05. The van der Waals surface area contributed by atoms with Crippen LogP contribution in [0.15, 0.2) is 28.8 Å². The number of aryl methyl sites for hydroxylation is 1. The van der Waals surface area contributed by atoms with Gasteiger partial charge in [0.1, 0.15) is 0 Å². The van der Waals surface area contributed by atoms with Crippen molar-refractivity contribution in [1.29, 1.82) is 0 Å². The summed E-state index contributed by atoms with van der Waals surface area (Å²) in [5.41, 5.74) is 1.98. The number of hydrogen-bond donors (Lipinski definition) is 1. The molecule has 25 heavy (non-hydrogen) atoms. The van der Waals surface area contributed by atoms with Gasteiger partial charge in [0.05, 0.1) is 0 Å². The number of likely N-dealkylation sites (tertiary alicyclic amines) is 1. The summed E-state index contributed by atoms with van der Waals surface area (Å²) >= 11 is 0. The second kappa shape index (κ2) is 8.25. The number of benzene rings is 1. The number of aromatic nitrogens is 2. The number of amides is 1. The molecule has 1 aromatic heterocycles. The van der Waals surface area contributed by atoms with E-state index < -0.39 is 0 Å². The quantitative estimate of drug-likeness (QED) is 0.874. The van der Waals surface area contributed by atoms with E-state index in [1.807, 2.05) is 24.3 Å². The fraction of sp³-hybridized carbons (Fsp3) is 0.526. The van der Waals surface area contributed by atoms with Crippen LogP contribution in [-0.4, -0.2) is 41.1 Å². The van der Waals surface area contributed by atoms with Crippen LogP contribution in [0.1, 0.15) is 37.1 Å². The first-order valence-corrected chi connectivity index (χ1v) is 8.95. The van der Waals surface area contributed by atoms with Crippen molar-refractivity contribution in [3.63, 3.8) is 0 Å². The lowest BCUT2D eigenvalue weighted by Crippen LogP contribution is -2.33. The number of nitrogens with zero attached hydrogens (tertiary/aromatic N) is 3. The molecule has 0 spiro atoms. The molecule has 0 saturated carbocycles. The van der Waals surface area contributed by atoms with E-state index in [4.69, 9.17) is 4.52 Å². The molecular formula is C19H26N4O2. The third kappa shape index (κ3) is 5.13. The normalized spacial score (nSPS) is 18.2. The van der Waals surface area contributed by atoms with E-state index in [9.17, 15) is 4.79 Å². The Balaban J connectivity index is 1.42. The Morgan fingerprint density at radius 1 is 1.36 bits per heavy atom. The average molecular weight is 342 g/mol. The number of carbonyl (C=O) groups is 1. The van der Waals surface area contributed by atoms with Gasteiger partial charge in [-0.1, -0.05) is 29.4 Å². The Labute approximate surface area is 148 Å². The zero-order valence-electron chi connectivity index (χ0n) is 15.0. The third-order valence-electron chi connectivity index (χ3n) is 4.73. The predicted octanol–water partition coefficient (Wildman–Crippen LogP) is 2.78. The van der Waals surface area contributed by atoms with Crippen molar-refractivity contribution in [1.82, 2.24) is 20.4 Å².